The number of nitrogens with zero attached hydrogens (tertiary/aromatic N) is 1. The first-order valence-corrected chi connectivity index (χ1v) is 5.82. The van der Waals surface area contributed by atoms with Crippen molar-refractivity contribution in [2.45, 2.75) is 20.3 Å². The number of para-hydroxylation sites is 2. The number of hydrogen-bond donors (Lipinski definition) is 2. The predicted octanol–water partition coefficient (Wildman–Crippen LogP) is 2.21. The second-order valence-electron chi connectivity index (χ2n) is 4.56. The van der Waals surface area contributed by atoms with Gasteiger partial charge in [0, 0.05) is 6.54 Å². The van der Waals surface area contributed by atoms with Crippen LogP contribution in [0.3, 0.4) is 0 Å². The van der Waals surface area contributed by atoms with Crippen molar-refractivity contribution in [3.05, 3.63) is 24.3 Å². The van der Waals surface area contributed by atoms with Gasteiger partial charge in [-0.3, -0.25) is 4.79 Å². The van der Waals surface area contributed by atoms with Gasteiger partial charge in [-0.15, -0.1) is 0 Å². The van der Waals surface area contributed by atoms with Crippen molar-refractivity contribution in [3.8, 4) is 0 Å². The Morgan fingerprint density at radius 3 is 2.59 bits per heavy atom. The van der Waals surface area contributed by atoms with Crippen molar-refractivity contribution in [3.63, 3.8) is 0 Å². The van der Waals surface area contributed by atoms with Gasteiger partial charge in [0.25, 0.3) is 0 Å². The summed E-state index contributed by atoms with van der Waals surface area (Å²) in [5.41, 5.74) is 7.29. The average molecular weight is 236 g/mol. The normalized spacial score (nSPS) is 10.5. The van der Waals surface area contributed by atoms with E-state index in [2.05, 4.69) is 13.8 Å². The van der Waals surface area contributed by atoms with Gasteiger partial charge in [-0.05, 0) is 24.5 Å². The van der Waals surface area contributed by atoms with Crippen LogP contribution in [-0.2, 0) is 4.79 Å². The number of carboxylic acids is 1. The van der Waals surface area contributed by atoms with Crippen molar-refractivity contribution in [1.29, 1.82) is 0 Å². The summed E-state index contributed by atoms with van der Waals surface area (Å²) in [7, 11) is 0. The second kappa shape index (κ2) is 6.13. The summed E-state index contributed by atoms with van der Waals surface area (Å²) < 4.78 is 0. The lowest BCUT2D eigenvalue weighted by atomic mass is 10.1. The Kier molecular flexibility index (Phi) is 4.82. The van der Waals surface area contributed by atoms with Gasteiger partial charge in [0.1, 0.15) is 6.54 Å². The molecule has 0 amide bonds. The van der Waals surface area contributed by atoms with Crippen LogP contribution in [0.15, 0.2) is 24.3 Å². The monoisotopic (exact) mass is 236 g/mol. The zero-order chi connectivity index (χ0) is 12.8. The summed E-state index contributed by atoms with van der Waals surface area (Å²) in [6.07, 6.45) is 0.946. The molecule has 94 valence electrons. The molecule has 0 aliphatic carbocycles. The number of carboxylic acid groups (broad SMARTS) is 1. The third-order valence-corrected chi connectivity index (χ3v) is 2.58. The van der Waals surface area contributed by atoms with Gasteiger partial charge >= 0.3 is 5.97 Å². The highest BCUT2D eigenvalue weighted by atomic mass is 16.4. The SMILES string of the molecule is CC(C)CCN(CC(=O)O)c1ccccc1N. The molecule has 0 aromatic heterocycles. The molecule has 4 heteroatoms. The first-order valence-electron chi connectivity index (χ1n) is 5.82. The molecule has 1 aromatic rings. The third-order valence-electron chi connectivity index (χ3n) is 2.58. The highest BCUT2D eigenvalue weighted by Gasteiger charge is 2.13. The smallest absolute Gasteiger partial charge is 0.323 e. The Balaban J connectivity index is 2.82. The fraction of sp³-hybridized carbons (Fsp3) is 0.462. The maximum absolute atomic E-state index is 10.9. The first-order chi connectivity index (χ1) is 8.00. The molecule has 1 aromatic carbocycles. The minimum Gasteiger partial charge on any atom is -0.480 e. The van der Waals surface area contributed by atoms with Crippen LogP contribution in [0.1, 0.15) is 20.3 Å². The zero-order valence-electron chi connectivity index (χ0n) is 10.4. The molecule has 0 aliphatic heterocycles. The van der Waals surface area contributed by atoms with Crippen LogP contribution < -0.4 is 10.6 Å². The molecule has 0 atom stereocenters. The number of anilines is 2. The standard InChI is InChI=1S/C13H20N2O2/c1-10(2)7-8-15(9-13(16)17)12-6-4-3-5-11(12)14/h3-6,10H,7-9,14H2,1-2H3,(H,16,17). The number of carbonyl (C=O) groups is 1. The molecule has 17 heavy (non-hydrogen) atoms. The lowest BCUT2D eigenvalue weighted by molar-refractivity contribution is -0.135. The van der Waals surface area contributed by atoms with Crippen molar-refractivity contribution in [1.82, 2.24) is 0 Å². The van der Waals surface area contributed by atoms with Gasteiger partial charge < -0.3 is 15.7 Å². The first kappa shape index (κ1) is 13.4. The fourth-order valence-electron chi connectivity index (χ4n) is 1.64. The number of rotatable bonds is 6. The topological polar surface area (TPSA) is 66.6 Å². The lowest BCUT2D eigenvalue weighted by Gasteiger charge is -2.25. The van der Waals surface area contributed by atoms with E-state index in [0.717, 1.165) is 12.1 Å². The lowest BCUT2D eigenvalue weighted by Crippen LogP contribution is -2.31. The summed E-state index contributed by atoms with van der Waals surface area (Å²) in [5, 5.41) is 8.92. The van der Waals surface area contributed by atoms with Gasteiger partial charge in [0.05, 0.1) is 11.4 Å². The molecule has 3 N–H and O–H groups in total. The average Bonchev–Trinajstić information content (AvgIpc) is 2.24. The van der Waals surface area contributed by atoms with Crippen molar-refractivity contribution < 1.29 is 9.90 Å². The van der Waals surface area contributed by atoms with E-state index in [1.165, 1.54) is 0 Å². The Hall–Kier alpha value is -1.71. The van der Waals surface area contributed by atoms with E-state index in [9.17, 15) is 4.79 Å². The molecule has 0 fully saturated rings. The summed E-state index contributed by atoms with van der Waals surface area (Å²) in [6.45, 7) is 4.93. The van der Waals surface area contributed by atoms with Crippen LogP contribution in [-0.4, -0.2) is 24.2 Å². The summed E-state index contributed by atoms with van der Waals surface area (Å²) in [5.74, 6) is -0.298. The Bertz CT molecular complexity index is 377. The van der Waals surface area contributed by atoms with E-state index in [1.54, 1.807) is 6.07 Å². The third kappa shape index (κ3) is 4.34. The van der Waals surface area contributed by atoms with E-state index in [1.807, 2.05) is 23.1 Å². The van der Waals surface area contributed by atoms with Crippen LogP contribution >= 0.6 is 0 Å². The van der Waals surface area contributed by atoms with Gasteiger partial charge in [-0.1, -0.05) is 26.0 Å². The molecule has 0 spiro atoms. The minimum atomic E-state index is -0.836. The number of aliphatic carboxylic acids is 1. The van der Waals surface area contributed by atoms with E-state index in [0.29, 0.717) is 18.2 Å². The van der Waals surface area contributed by atoms with Crippen LogP contribution in [0.2, 0.25) is 0 Å². The highest BCUT2D eigenvalue weighted by molar-refractivity contribution is 5.77. The van der Waals surface area contributed by atoms with Crippen LogP contribution in [0.5, 0.6) is 0 Å². The molecule has 1 rings (SSSR count). The number of nitrogen functional groups attached to an aromatic ring is 1. The van der Waals surface area contributed by atoms with Gasteiger partial charge in [-0.25, -0.2) is 0 Å². The predicted molar refractivity (Wildman–Crippen MR) is 70.2 cm³/mol. The van der Waals surface area contributed by atoms with E-state index < -0.39 is 5.97 Å². The fourth-order valence-corrected chi connectivity index (χ4v) is 1.64. The molecule has 0 bridgehead atoms. The molecule has 0 radical (unpaired) electrons. The molecular formula is C13H20N2O2. The Morgan fingerprint density at radius 2 is 2.06 bits per heavy atom. The molecule has 0 aliphatic rings. The van der Waals surface area contributed by atoms with Gasteiger partial charge in [0.15, 0.2) is 0 Å². The van der Waals surface area contributed by atoms with Crippen molar-refractivity contribution in [2.24, 2.45) is 5.92 Å². The molecule has 0 unspecified atom stereocenters. The minimum absolute atomic E-state index is 0.0130. The Morgan fingerprint density at radius 1 is 1.41 bits per heavy atom. The van der Waals surface area contributed by atoms with E-state index >= 15 is 0 Å². The summed E-state index contributed by atoms with van der Waals surface area (Å²) >= 11 is 0. The maximum atomic E-state index is 10.9. The molecular weight excluding hydrogens is 216 g/mol. The summed E-state index contributed by atoms with van der Waals surface area (Å²) in [4.78, 5) is 12.7. The van der Waals surface area contributed by atoms with Gasteiger partial charge in [0.2, 0.25) is 0 Å². The van der Waals surface area contributed by atoms with Gasteiger partial charge in [-0.2, -0.15) is 0 Å². The van der Waals surface area contributed by atoms with E-state index in [4.69, 9.17) is 10.8 Å². The molecule has 0 saturated carbocycles. The summed E-state index contributed by atoms with van der Waals surface area (Å²) in [6, 6.07) is 7.37. The largest absolute Gasteiger partial charge is 0.480 e. The van der Waals surface area contributed by atoms with Crippen molar-refractivity contribution >= 4 is 17.3 Å². The molecule has 0 heterocycles. The van der Waals surface area contributed by atoms with Crippen LogP contribution in [0, 0.1) is 5.92 Å². The molecule has 0 saturated heterocycles. The number of benzene rings is 1. The highest BCUT2D eigenvalue weighted by Crippen LogP contribution is 2.23. The van der Waals surface area contributed by atoms with Crippen LogP contribution in [0.4, 0.5) is 11.4 Å². The number of hydrogen-bond acceptors (Lipinski definition) is 3. The van der Waals surface area contributed by atoms with Crippen LogP contribution in [0.25, 0.3) is 0 Å². The maximum Gasteiger partial charge on any atom is 0.323 e. The van der Waals surface area contributed by atoms with Crippen molar-refractivity contribution in [2.75, 3.05) is 23.7 Å². The number of nitrogens with two attached hydrogens (primary N) is 1. The van der Waals surface area contributed by atoms with E-state index in [-0.39, 0.29) is 6.54 Å². The second-order valence-corrected chi connectivity index (χ2v) is 4.56. The Labute approximate surface area is 102 Å². The molecule has 4 nitrogen and oxygen atoms in total. The zero-order valence-corrected chi connectivity index (χ0v) is 10.4. The quantitative estimate of drug-likeness (QED) is 0.743.